The fraction of sp³-hybridized carbons (Fsp3) is 0.294. The maximum absolute atomic E-state index is 11.9. The van der Waals surface area contributed by atoms with E-state index in [0.717, 1.165) is 22.1 Å². The molecule has 0 aliphatic rings. The Bertz CT molecular complexity index is 702. The molecule has 0 bridgehead atoms. The van der Waals surface area contributed by atoms with Gasteiger partial charge in [0.05, 0.1) is 12.7 Å². The van der Waals surface area contributed by atoms with E-state index in [2.05, 4.69) is 11.9 Å². The van der Waals surface area contributed by atoms with E-state index < -0.39 is 12.1 Å². The molecule has 1 atom stereocenters. The number of hydrogen-bond acceptors (Lipinski definition) is 4. The van der Waals surface area contributed by atoms with Crippen LogP contribution in [0.15, 0.2) is 41.5 Å². The molecule has 116 valence electrons. The molecule has 0 saturated carbocycles. The zero-order chi connectivity index (χ0) is 16.1. The van der Waals surface area contributed by atoms with Crippen LogP contribution >= 0.6 is 0 Å². The highest BCUT2D eigenvalue weighted by Crippen LogP contribution is 2.23. The molecule has 1 aromatic carbocycles. The second-order valence-electron chi connectivity index (χ2n) is 5.10. The van der Waals surface area contributed by atoms with Gasteiger partial charge in [0, 0.05) is 17.5 Å². The van der Waals surface area contributed by atoms with Gasteiger partial charge in [0.2, 0.25) is 0 Å². The molecule has 1 heterocycles. The van der Waals surface area contributed by atoms with Gasteiger partial charge < -0.3 is 14.5 Å². The van der Waals surface area contributed by atoms with Gasteiger partial charge in [-0.15, -0.1) is 6.58 Å². The Morgan fingerprint density at radius 1 is 1.45 bits per heavy atom. The molecule has 1 amide bonds. The van der Waals surface area contributed by atoms with Crippen LogP contribution in [0.2, 0.25) is 0 Å². The number of furan rings is 1. The van der Waals surface area contributed by atoms with E-state index >= 15 is 0 Å². The lowest BCUT2D eigenvalue weighted by Gasteiger charge is -2.12. The first-order chi connectivity index (χ1) is 10.5. The minimum atomic E-state index is -0.840. The van der Waals surface area contributed by atoms with Crippen molar-refractivity contribution in [3.63, 3.8) is 0 Å². The standard InChI is InChI=1S/C17H19NO4/c1-4-7-18-17(20)12(3)22-16(19)9-13-10-21-15-8-11(2)5-6-14(13)15/h4-6,8,10,12H,1,7,9H2,2-3H3,(H,18,20)/t12-/m0/s1. The number of benzene rings is 1. The molecule has 2 aromatic rings. The number of rotatable bonds is 6. The van der Waals surface area contributed by atoms with Crippen molar-refractivity contribution in [2.45, 2.75) is 26.4 Å². The van der Waals surface area contributed by atoms with Gasteiger partial charge in [-0.05, 0) is 25.5 Å². The molecular formula is C17H19NO4. The Labute approximate surface area is 128 Å². The summed E-state index contributed by atoms with van der Waals surface area (Å²) in [6.07, 6.45) is 2.34. The second kappa shape index (κ2) is 6.93. The van der Waals surface area contributed by atoms with E-state index in [1.165, 1.54) is 6.92 Å². The van der Waals surface area contributed by atoms with E-state index in [1.54, 1.807) is 12.3 Å². The highest BCUT2D eigenvalue weighted by Gasteiger charge is 2.18. The highest BCUT2D eigenvalue weighted by molar-refractivity contribution is 5.88. The zero-order valence-electron chi connectivity index (χ0n) is 12.7. The molecule has 2 rings (SSSR count). The number of fused-ring (bicyclic) bond motifs is 1. The van der Waals surface area contributed by atoms with Crippen molar-refractivity contribution in [1.29, 1.82) is 0 Å². The molecule has 5 nitrogen and oxygen atoms in total. The molecule has 0 aliphatic carbocycles. The third-order valence-corrected chi connectivity index (χ3v) is 3.24. The van der Waals surface area contributed by atoms with Gasteiger partial charge in [0.15, 0.2) is 6.10 Å². The van der Waals surface area contributed by atoms with Gasteiger partial charge in [-0.3, -0.25) is 9.59 Å². The first kappa shape index (κ1) is 15.8. The van der Waals surface area contributed by atoms with Gasteiger partial charge in [0.25, 0.3) is 5.91 Å². The van der Waals surface area contributed by atoms with Crippen molar-refractivity contribution >= 4 is 22.8 Å². The number of aryl methyl sites for hydroxylation is 1. The van der Waals surface area contributed by atoms with Crippen molar-refractivity contribution < 1.29 is 18.7 Å². The quantitative estimate of drug-likeness (QED) is 0.657. The summed E-state index contributed by atoms with van der Waals surface area (Å²) in [5.41, 5.74) is 2.57. The van der Waals surface area contributed by atoms with E-state index in [9.17, 15) is 9.59 Å². The third-order valence-electron chi connectivity index (χ3n) is 3.24. The number of carbonyl (C=O) groups excluding carboxylic acids is 2. The van der Waals surface area contributed by atoms with Gasteiger partial charge >= 0.3 is 5.97 Å². The van der Waals surface area contributed by atoms with Crippen LogP contribution in [0.25, 0.3) is 11.0 Å². The summed E-state index contributed by atoms with van der Waals surface area (Å²) in [6, 6.07) is 5.78. The monoisotopic (exact) mass is 301 g/mol. The molecule has 1 aromatic heterocycles. The van der Waals surface area contributed by atoms with Crippen LogP contribution in [0.3, 0.4) is 0 Å². The van der Waals surface area contributed by atoms with Crippen molar-refractivity contribution in [3.05, 3.63) is 48.2 Å². The summed E-state index contributed by atoms with van der Waals surface area (Å²) < 4.78 is 10.6. The topological polar surface area (TPSA) is 68.5 Å². The molecular weight excluding hydrogens is 282 g/mol. The SMILES string of the molecule is C=CCNC(=O)[C@H](C)OC(=O)Cc1coc2cc(C)ccc12. The van der Waals surface area contributed by atoms with Gasteiger partial charge in [-0.2, -0.15) is 0 Å². The second-order valence-corrected chi connectivity index (χ2v) is 5.10. The van der Waals surface area contributed by atoms with Crippen molar-refractivity contribution in [2.75, 3.05) is 6.54 Å². The number of esters is 1. The molecule has 5 heteroatoms. The molecule has 0 saturated heterocycles. The normalized spacial score (nSPS) is 11.9. The third kappa shape index (κ3) is 3.75. The lowest BCUT2D eigenvalue weighted by Crippen LogP contribution is -2.36. The molecule has 0 aliphatic heterocycles. The summed E-state index contributed by atoms with van der Waals surface area (Å²) >= 11 is 0. The number of amides is 1. The van der Waals surface area contributed by atoms with E-state index in [-0.39, 0.29) is 12.3 Å². The van der Waals surface area contributed by atoms with Crippen molar-refractivity contribution in [3.8, 4) is 0 Å². The number of ether oxygens (including phenoxy) is 1. The summed E-state index contributed by atoms with van der Waals surface area (Å²) in [7, 11) is 0. The van der Waals surface area contributed by atoms with Crippen LogP contribution in [0.1, 0.15) is 18.1 Å². The molecule has 0 radical (unpaired) electrons. The Morgan fingerprint density at radius 2 is 2.23 bits per heavy atom. The Morgan fingerprint density at radius 3 is 2.95 bits per heavy atom. The molecule has 0 unspecified atom stereocenters. The summed E-state index contributed by atoms with van der Waals surface area (Å²) in [5.74, 6) is -0.814. The van der Waals surface area contributed by atoms with Crippen LogP contribution in [0.5, 0.6) is 0 Å². The molecule has 0 spiro atoms. The van der Waals surface area contributed by atoms with Crippen LogP contribution in [-0.2, 0) is 20.7 Å². The average molecular weight is 301 g/mol. The number of carbonyl (C=O) groups is 2. The summed E-state index contributed by atoms with van der Waals surface area (Å²) in [4.78, 5) is 23.6. The van der Waals surface area contributed by atoms with E-state index in [0.29, 0.717) is 6.54 Å². The Balaban J connectivity index is 1.99. The first-order valence-corrected chi connectivity index (χ1v) is 7.06. The van der Waals surface area contributed by atoms with Crippen LogP contribution in [0.4, 0.5) is 0 Å². The fourth-order valence-corrected chi connectivity index (χ4v) is 2.09. The van der Waals surface area contributed by atoms with Crippen LogP contribution < -0.4 is 5.32 Å². The minimum Gasteiger partial charge on any atom is -0.464 e. The van der Waals surface area contributed by atoms with Crippen LogP contribution in [-0.4, -0.2) is 24.5 Å². The van der Waals surface area contributed by atoms with Gasteiger partial charge in [-0.25, -0.2) is 0 Å². The zero-order valence-corrected chi connectivity index (χ0v) is 12.7. The summed E-state index contributed by atoms with van der Waals surface area (Å²) in [6.45, 7) is 7.35. The maximum Gasteiger partial charge on any atom is 0.311 e. The fourth-order valence-electron chi connectivity index (χ4n) is 2.09. The largest absolute Gasteiger partial charge is 0.464 e. The van der Waals surface area contributed by atoms with Crippen LogP contribution in [0, 0.1) is 6.92 Å². The predicted molar refractivity (Wildman–Crippen MR) is 83.4 cm³/mol. The van der Waals surface area contributed by atoms with E-state index in [4.69, 9.17) is 9.15 Å². The molecule has 1 N–H and O–H groups in total. The average Bonchev–Trinajstić information content (AvgIpc) is 2.86. The molecule has 0 fully saturated rings. The summed E-state index contributed by atoms with van der Waals surface area (Å²) in [5, 5.41) is 3.46. The number of hydrogen-bond donors (Lipinski definition) is 1. The van der Waals surface area contributed by atoms with Crippen molar-refractivity contribution in [2.24, 2.45) is 0 Å². The maximum atomic E-state index is 11.9. The lowest BCUT2D eigenvalue weighted by atomic mass is 10.1. The Hall–Kier alpha value is -2.56. The van der Waals surface area contributed by atoms with Gasteiger partial charge in [-0.1, -0.05) is 18.2 Å². The number of nitrogens with one attached hydrogen (secondary N) is 1. The van der Waals surface area contributed by atoms with E-state index in [1.807, 2.05) is 25.1 Å². The highest BCUT2D eigenvalue weighted by atomic mass is 16.5. The Kier molecular flexibility index (Phi) is 4.99. The molecule has 22 heavy (non-hydrogen) atoms. The van der Waals surface area contributed by atoms with Crippen molar-refractivity contribution in [1.82, 2.24) is 5.32 Å². The van der Waals surface area contributed by atoms with Gasteiger partial charge in [0.1, 0.15) is 5.58 Å². The lowest BCUT2D eigenvalue weighted by molar-refractivity contribution is -0.154. The first-order valence-electron chi connectivity index (χ1n) is 7.06. The smallest absolute Gasteiger partial charge is 0.311 e. The minimum absolute atomic E-state index is 0.0646. The predicted octanol–water partition coefficient (Wildman–Crippen LogP) is 2.52.